The number of hydrogen-bond acceptors (Lipinski definition) is 4. The van der Waals surface area contributed by atoms with Crippen molar-refractivity contribution in [2.24, 2.45) is 0 Å². The van der Waals surface area contributed by atoms with Crippen molar-refractivity contribution in [3.63, 3.8) is 0 Å². The fourth-order valence-electron chi connectivity index (χ4n) is 3.60. The molecule has 0 bridgehead atoms. The summed E-state index contributed by atoms with van der Waals surface area (Å²) in [6, 6.07) is 21.4. The van der Waals surface area contributed by atoms with Gasteiger partial charge in [0.1, 0.15) is 0 Å². The third-order valence-electron chi connectivity index (χ3n) is 5.17. The van der Waals surface area contributed by atoms with Gasteiger partial charge in [0.25, 0.3) is 5.91 Å². The lowest BCUT2D eigenvalue weighted by atomic mass is 10.00. The Hall–Kier alpha value is -3.51. The molecule has 6 heteroatoms. The number of thiazole rings is 1. The zero-order valence-corrected chi connectivity index (χ0v) is 17.0. The zero-order chi connectivity index (χ0) is 20.5. The van der Waals surface area contributed by atoms with E-state index in [4.69, 9.17) is 0 Å². The minimum Gasteiger partial charge on any atom is -0.326 e. The molecule has 3 aromatic carbocycles. The quantitative estimate of drug-likeness (QED) is 0.493. The van der Waals surface area contributed by atoms with Crippen LogP contribution in [0.5, 0.6) is 0 Å². The standard InChI is InChI=1S/C24H19N3O2S/c28-22-12-8-16-14-17(7-11-19(16)26-22)24(29)25-18-9-5-15(6-10-18)13-23-27-20-3-1-2-4-21(20)30-23/h1-7,9-11,14H,8,12-13H2,(H,25,29)(H,26,28). The number of fused-ring (bicyclic) bond motifs is 2. The van der Waals surface area contributed by atoms with Crippen LogP contribution in [-0.2, 0) is 17.6 Å². The van der Waals surface area contributed by atoms with Gasteiger partial charge in [-0.3, -0.25) is 9.59 Å². The summed E-state index contributed by atoms with van der Waals surface area (Å²) in [7, 11) is 0. The highest BCUT2D eigenvalue weighted by Crippen LogP contribution is 2.25. The van der Waals surface area contributed by atoms with E-state index in [2.05, 4.69) is 21.7 Å². The van der Waals surface area contributed by atoms with Gasteiger partial charge >= 0.3 is 0 Å². The highest BCUT2D eigenvalue weighted by molar-refractivity contribution is 7.18. The van der Waals surface area contributed by atoms with Gasteiger partial charge in [0.15, 0.2) is 0 Å². The number of nitrogens with zero attached hydrogens (tertiary/aromatic N) is 1. The maximum absolute atomic E-state index is 12.6. The number of carbonyl (C=O) groups excluding carboxylic acids is 2. The van der Waals surface area contributed by atoms with Crippen LogP contribution in [0.15, 0.2) is 66.7 Å². The van der Waals surface area contributed by atoms with Crippen molar-refractivity contribution < 1.29 is 9.59 Å². The third-order valence-corrected chi connectivity index (χ3v) is 6.20. The maximum atomic E-state index is 12.6. The van der Waals surface area contributed by atoms with E-state index in [1.807, 2.05) is 48.5 Å². The molecule has 148 valence electrons. The highest BCUT2D eigenvalue weighted by Gasteiger charge is 2.16. The molecular formula is C24H19N3O2S. The van der Waals surface area contributed by atoms with Crippen LogP contribution in [0.1, 0.15) is 32.9 Å². The summed E-state index contributed by atoms with van der Waals surface area (Å²) in [4.78, 5) is 28.8. The normalized spacial score (nSPS) is 13.0. The highest BCUT2D eigenvalue weighted by atomic mass is 32.1. The maximum Gasteiger partial charge on any atom is 0.255 e. The Balaban J connectivity index is 1.26. The second kappa shape index (κ2) is 7.72. The lowest BCUT2D eigenvalue weighted by Gasteiger charge is -2.17. The van der Waals surface area contributed by atoms with Crippen LogP contribution in [0.4, 0.5) is 11.4 Å². The number of hydrogen-bond donors (Lipinski definition) is 2. The van der Waals surface area contributed by atoms with Gasteiger partial charge in [-0.15, -0.1) is 11.3 Å². The van der Waals surface area contributed by atoms with Crippen molar-refractivity contribution in [3.8, 4) is 0 Å². The number of amides is 2. The largest absolute Gasteiger partial charge is 0.326 e. The zero-order valence-electron chi connectivity index (χ0n) is 16.1. The molecule has 1 aromatic heterocycles. The second-order valence-corrected chi connectivity index (χ2v) is 8.44. The van der Waals surface area contributed by atoms with Gasteiger partial charge in [-0.1, -0.05) is 24.3 Å². The van der Waals surface area contributed by atoms with Crippen molar-refractivity contribution in [2.45, 2.75) is 19.3 Å². The molecule has 5 rings (SSSR count). The first-order valence-corrected chi connectivity index (χ1v) is 10.6. The van der Waals surface area contributed by atoms with E-state index < -0.39 is 0 Å². The molecule has 2 N–H and O–H groups in total. The third kappa shape index (κ3) is 3.82. The average molecular weight is 414 g/mol. The van der Waals surface area contributed by atoms with Crippen LogP contribution >= 0.6 is 11.3 Å². The van der Waals surface area contributed by atoms with E-state index in [9.17, 15) is 9.59 Å². The van der Waals surface area contributed by atoms with Gasteiger partial charge in [0.05, 0.1) is 15.2 Å². The molecule has 2 heterocycles. The minimum atomic E-state index is -0.159. The molecule has 2 amide bonds. The predicted molar refractivity (Wildman–Crippen MR) is 120 cm³/mol. The van der Waals surface area contributed by atoms with E-state index in [1.165, 1.54) is 4.70 Å². The van der Waals surface area contributed by atoms with Crippen LogP contribution in [0, 0.1) is 0 Å². The summed E-state index contributed by atoms with van der Waals surface area (Å²) < 4.78 is 1.20. The molecule has 0 saturated heterocycles. The van der Waals surface area contributed by atoms with Crippen LogP contribution in [0.2, 0.25) is 0 Å². The molecule has 0 atom stereocenters. The first kappa shape index (κ1) is 18.5. The Kier molecular flexibility index (Phi) is 4.77. The molecule has 0 saturated carbocycles. The monoisotopic (exact) mass is 413 g/mol. The summed E-state index contributed by atoms with van der Waals surface area (Å²) in [5.74, 6) is -0.140. The molecule has 5 nitrogen and oxygen atoms in total. The number of rotatable bonds is 4. The van der Waals surface area contributed by atoms with Crippen LogP contribution < -0.4 is 10.6 Å². The van der Waals surface area contributed by atoms with Crippen molar-refractivity contribution in [3.05, 3.63) is 88.4 Å². The number of aromatic nitrogens is 1. The predicted octanol–water partition coefficient (Wildman–Crippen LogP) is 5.02. The summed E-state index contributed by atoms with van der Waals surface area (Å²) in [6.07, 6.45) is 1.88. The molecular weight excluding hydrogens is 394 g/mol. The molecule has 0 aliphatic carbocycles. The van der Waals surface area contributed by atoms with Crippen LogP contribution in [0.25, 0.3) is 10.2 Å². The molecule has 4 aromatic rings. The van der Waals surface area contributed by atoms with E-state index in [0.717, 1.165) is 39.4 Å². The molecule has 30 heavy (non-hydrogen) atoms. The molecule has 1 aliphatic heterocycles. The van der Waals surface area contributed by atoms with E-state index in [1.54, 1.807) is 23.5 Å². The lowest BCUT2D eigenvalue weighted by molar-refractivity contribution is -0.116. The van der Waals surface area contributed by atoms with Crippen LogP contribution in [-0.4, -0.2) is 16.8 Å². The molecule has 0 unspecified atom stereocenters. The second-order valence-electron chi connectivity index (χ2n) is 7.32. The van der Waals surface area contributed by atoms with E-state index in [-0.39, 0.29) is 11.8 Å². The number of para-hydroxylation sites is 1. The minimum absolute atomic E-state index is 0.0191. The molecule has 0 fully saturated rings. The smallest absolute Gasteiger partial charge is 0.255 e. The number of anilines is 2. The van der Waals surface area contributed by atoms with Gasteiger partial charge in [-0.25, -0.2) is 4.98 Å². The fraction of sp³-hybridized carbons (Fsp3) is 0.125. The van der Waals surface area contributed by atoms with Crippen molar-refractivity contribution in [1.82, 2.24) is 4.98 Å². The number of carbonyl (C=O) groups is 2. The lowest BCUT2D eigenvalue weighted by Crippen LogP contribution is -2.20. The SMILES string of the molecule is O=C1CCc2cc(C(=O)Nc3ccc(Cc4nc5ccccc5s4)cc3)ccc2N1. The van der Waals surface area contributed by atoms with Crippen molar-refractivity contribution in [2.75, 3.05) is 10.6 Å². The van der Waals surface area contributed by atoms with E-state index >= 15 is 0 Å². The topological polar surface area (TPSA) is 71.1 Å². The van der Waals surface area contributed by atoms with Crippen molar-refractivity contribution in [1.29, 1.82) is 0 Å². The van der Waals surface area contributed by atoms with Gasteiger partial charge in [-0.05, 0) is 60.0 Å². The molecule has 0 radical (unpaired) electrons. The average Bonchev–Trinajstić information content (AvgIpc) is 3.17. The number of aryl methyl sites for hydroxylation is 1. The van der Waals surface area contributed by atoms with E-state index in [0.29, 0.717) is 18.4 Å². The van der Waals surface area contributed by atoms with Gasteiger partial charge in [-0.2, -0.15) is 0 Å². The molecule has 1 aliphatic rings. The summed E-state index contributed by atoms with van der Waals surface area (Å²) in [5.41, 5.74) is 5.31. The summed E-state index contributed by atoms with van der Waals surface area (Å²) in [6.45, 7) is 0. The Morgan fingerprint density at radius 3 is 2.70 bits per heavy atom. The van der Waals surface area contributed by atoms with Crippen molar-refractivity contribution >= 4 is 44.7 Å². The summed E-state index contributed by atoms with van der Waals surface area (Å²) >= 11 is 1.71. The fourth-order valence-corrected chi connectivity index (χ4v) is 4.61. The Morgan fingerprint density at radius 2 is 1.87 bits per heavy atom. The van der Waals surface area contributed by atoms with Gasteiger partial charge in [0.2, 0.25) is 5.91 Å². The number of benzene rings is 3. The van der Waals surface area contributed by atoms with Gasteiger partial charge < -0.3 is 10.6 Å². The van der Waals surface area contributed by atoms with Gasteiger partial charge in [0, 0.05) is 29.8 Å². The Morgan fingerprint density at radius 1 is 1.03 bits per heavy atom. The first-order valence-electron chi connectivity index (χ1n) is 9.81. The van der Waals surface area contributed by atoms with Crippen LogP contribution in [0.3, 0.4) is 0 Å². The number of nitrogens with one attached hydrogen (secondary N) is 2. The Labute approximate surface area is 177 Å². The summed E-state index contributed by atoms with van der Waals surface area (Å²) in [5, 5.41) is 6.86. The first-order chi connectivity index (χ1) is 14.6. The Bertz CT molecular complexity index is 1230. The molecule has 0 spiro atoms.